The molecule has 0 radical (unpaired) electrons. The Morgan fingerprint density at radius 3 is 2.62 bits per heavy atom. The summed E-state index contributed by atoms with van der Waals surface area (Å²) in [6, 6.07) is 12.7. The smallest absolute Gasteiger partial charge is 0.135 e. The third-order valence-electron chi connectivity index (χ3n) is 2.70. The number of ether oxygens (including phenoxy) is 1. The molecule has 3 heteroatoms. The lowest BCUT2D eigenvalue weighted by Crippen LogP contribution is -2.09. The average Bonchev–Trinajstić information content (AvgIpc) is 2.29. The lowest BCUT2D eigenvalue weighted by Gasteiger charge is -2.24. The van der Waals surface area contributed by atoms with E-state index in [1.165, 1.54) is 0 Å². The van der Waals surface area contributed by atoms with E-state index in [9.17, 15) is 5.11 Å². The fourth-order valence-electron chi connectivity index (χ4n) is 1.91. The molecule has 3 rings (SSSR count). The third kappa shape index (κ3) is 1.39. The number of rotatable bonds is 0. The summed E-state index contributed by atoms with van der Waals surface area (Å²) in [6.07, 6.45) is -0.641. The highest BCUT2D eigenvalue weighted by atomic mass is 35.5. The van der Waals surface area contributed by atoms with Crippen LogP contribution in [0.5, 0.6) is 11.5 Å². The molecular formula is C13H9ClO2. The SMILES string of the molecule is OC1c2ccccc2Oc2cc(Cl)ccc21. The Balaban J connectivity index is 2.18. The molecule has 1 atom stereocenters. The number of fused-ring (bicyclic) bond motifs is 2. The Hall–Kier alpha value is -1.51. The van der Waals surface area contributed by atoms with Crippen LogP contribution >= 0.6 is 11.6 Å². The van der Waals surface area contributed by atoms with Crippen LogP contribution < -0.4 is 4.74 Å². The lowest BCUT2D eigenvalue weighted by molar-refractivity contribution is 0.203. The number of hydrogen-bond donors (Lipinski definition) is 1. The van der Waals surface area contributed by atoms with Crippen LogP contribution in [-0.4, -0.2) is 5.11 Å². The van der Waals surface area contributed by atoms with Gasteiger partial charge in [-0.25, -0.2) is 0 Å². The first kappa shape index (κ1) is 9.70. The number of para-hydroxylation sites is 1. The molecule has 0 aliphatic carbocycles. The van der Waals surface area contributed by atoms with E-state index in [1.54, 1.807) is 18.2 Å². The summed E-state index contributed by atoms with van der Waals surface area (Å²) in [4.78, 5) is 0. The van der Waals surface area contributed by atoms with Crippen LogP contribution in [0.3, 0.4) is 0 Å². The molecular weight excluding hydrogens is 224 g/mol. The predicted molar refractivity (Wildman–Crippen MR) is 62.0 cm³/mol. The van der Waals surface area contributed by atoms with Crippen molar-refractivity contribution >= 4 is 11.6 Å². The van der Waals surface area contributed by atoms with E-state index in [4.69, 9.17) is 16.3 Å². The summed E-state index contributed by atoms with van der Waals surface area (Å²) in [6.45, 7) is 0. The van der Waals surface area contributed by atoms with Crippen molar-refractivity contribution in [1.82, 2.24) is 0 Å². The predicted octanol–water partition coefficient (Wildman–Crippen LogP) is 3.53. The van der Waals surface area contributed by atoms with Crippen LogP contribution in [-0.2, 0) is 0 Å². The van der Waals surface area contributed by atoms with Crippen LogP contribution in [0.1, 0.15) is 17.2 Å². The van der Waals surface area contributed by atoms with Gasteiger partial charge < -0.3 is 9.84 Å². The van der Waals surface area contributed by atoms with Crippen molar-refractivity contribution < 1.29 is 9.84 Å². The minimum atomic E-state index is -0.641. The van der Waals surface area contributed by atoms with E-state index >= 15 is 0 Å². The second kappa shape index (κ2) is 3.51. The van der Waals surface area contributed by atoms with Crippen LogP contribution in [0.4, 0.5) is 0 Å². The minimum Gasteiger partial charge on any atom is -0.457 e. The Morgan fingerprint density at radius 2 is 1.75 bits per heavy atom. The molecule has 0 fully saturated rings. The van der Waals surface area contributed by atoms with Crippen molar-refractivity contribution in [3.05, 3.63) is 58.6 Å². The largest absolute Gasteiger partial charge is 0.457 e. The van der Waals surface area contributed by atoms with Crippen molar-refractivity contribution in [3.63, 3.8) is 0 Å². The zero-order chi connectivity index (χ0) is 11.1. The summed E-state index contributed by atoms with van der Waals surface area (Å²) >= 11 is 5.89. The van der Waals surface area contributed by atoms with Crippen LogP contribution in [0.25, 0.3) is 0 Å². The highest BCUT2D eigenvalue weighted by Crippen LogP contribution is 2.43. The lowest BCUT2D eigenvalue weighted by atomic mass is 9.97. The van der Waals surface area contributed by atoms with E-state index in [1.807, 2.05) is 24.3 Å². The third-order valence-corrected chi connectivity index (χ3v) is 2.94. The number of halogens is 1. The standard InChI is InChI=1S/C13H9ClO2/c14-8-5-6-10-12(7-8)16-11-4-2-1-3-9(11)13(10)15/h1-7,13,15H. The fraction of sp³-hybridized carbons (Fsp3) is 0.0769. The normalized spacial score (nSPS) is 17.2. The van der Waals surface area contributed by atoms with Gasteiger partial charge in [0.1, 0.15) is 17.6 Å². The van der Waals surface area contributed by atoms with Gasteiger partial charge in [-0.15, -0.1) is 0 Å². The Kier molecular flexibility index (Phi) is 2.13. The Labute approximate surface area is 98.1 Å². The first-order valence-corrected chi connectivity index (χ1v) is 5.38. The minimum absolute atomic E-state index is 0.602. The van der Waals surface area contributed by atoms with Crippen LogP contribution in [0, 0.1) is 0 Å². The molecule has 0 aromatic heterocycles. The van der Waals surface area contributed by atoms with E-state index in [0.717, 1.165) is 11.1 Å². The second-order valence-electron chi connectivity index (χ2n) is 3.72. The number of hydrogen-bond acceptors (Lipinski definition) is 2. The van der Waals surface area contributed by atoms with Crippen molar-refractivity contribution in [2.24, 2.45) is 0 Å². The summed E-state index contributed by atoms with van der Waals surface area (Å²) in [5.74, 6) is 1.31. The first-order chi connectivity index (χ1) is 7.75. The summed E-state index contributed by atoms with van der Waals surface area (Å²) in [5, 5.41) is 10.8. The maximum atomic E-state index is 10.2. The molecule has 1 aliphatic heterocycles. The van der Waals surface area contributed by atoms with Gasteiger partial charge in [-0.2, -0.15) is 0 Å². The van der Waals surface area contributed by atoms with E-state index in [-0.39, 0.29) is 0 Å². The molecule has 0 saturated heterocycles. The molecule has 1 N–H and O–H groups in total. The van der Waals surface area contributed by atoms with Gasteiger partial charge >= 0.3 is 0 Å². The molecule has 0 saturated carbocycles. The topological polar surface area (TPSA) is 29.5 Å². The highest BCUT2D eigenvalue weighted by molar-refractivity contribution is 6.30. The number of aliphatic hydroxyl groups excluding tert-OH is 1. The van der Waals surface area contributed by atoms with Gasteiger partial charge in [-0.05, 0) is 18.2 Å². The van der Waals surface area contributed by atoms with E-state index in [2.05, 4.69) is 0 Å². The van der Waals surface area contributed by atoms with E-state index < -0.39 is 6.10 Å². The molecule has 1 unspecified atom stereocenters. The van der Waals surface area contributed by atoms with Crippen molar-refractivity contribution in [2.75, 3.05) is 0 Å². The van der Waals surface area contributed by atoms with Crippen LogP contribution in [0.15, 0.2) is 42.5 Å². The van der Waals surface area contributed by atoms with Gasteiger partial charge in [0.2, 0.25) is 0 Å². The van der Waals surface area contributed by atoms with Gasteiger partial charge in [0, 0.05) is 16.1 Å². The zero-order valence-electron chi connectivity index (χ0n) is 8.35. The Bertz CT molecular complexity index is 551. The maximum absolute atomic E-state index is 10.2. The molecule has 0 bridgehead atoms. The Morgan fingerprint density at radius 1 is 1.00 bits per heavy atom. The van der Waals surface area contributed by atoms with Crippen molar-refractivity contribution in [2.45, 2.75) is 6.10 Å². The molecule has 0 spiro atoms. The van der Waals surface area contributed by atoms with Crippen molar-refractivity contribution in [1.29, 1.82) is 0 Å². The molecule has 0 amide bonds. The molecule has 2 aromatic rings. The van der Waals surface area contributed by atoms with Gasteiger partial charge in [0.25, 0.3) is 0 Å². The number of aliphatic hydroxyl groups is 1. The maximum Gasteiger partial charge on any atom is 0.135 e. The van der Waals surface area contributed by atoms with Gasteiger partial charge in [-0.3, -0.25) is 0 Å². The molecule has 1 heterocycles. The summed E-state index contributed by atoms with van der Waals surface area (Å²) in [7, 11) is 0. The molecule has 2 nitrogen and oxygen atoms in total. The quantitative estimate of drug-likeness (QED) is 0.753. The second-order valence-corrected chi connectivity index (χ2v) is 4.16. The first-order valence-electron chi connectivity index (χ1n) is 5.00. The molecule has 1 aliphatic rings. The van der Waals surface area contributed by atoms with Gasteiger partial charge in [0.05, 0.1) is 0 Å². The van der Waals surface area contributed by atoms with Crippen molar-refractivity contribution in [3.8, 4) is 11.5 Å². The summed E-state index contributed by atoms with van der Waals surface area (Å²) in [5.41, 5.74) is 1.54. The van der Waals surface area contributed by atoms with Crippen LogP contribution in [0.2, 0.25) is 5.02 Å². The molecule has 2 aromatic carbocycles. The fourth-order valence-corrected chi connectivity index (χ4v) is 2.07. The summed E-state index contributed by atoms with van der Waals surface area (Å²) < 4.78 is 5.68. The monoisotopic (exact) mass is 232 g/mol. The zero-order valence-corrected chi connectivity index (χ0v) is 9.11. The molecule has 16 heavy (non-hydrogen) atoms. The van der Waals surface area contributed by atoms with Gasteiger partial charge in [0.15, 0.2) is 0 Å². The number of benzene rings is 2. The van der Waals surface area contributed by atoms with Gasteiger partial charge in [-0.1, -0.05) is 35.9 Å². The molecule has 80 valence electrons. The highest BCUT2D eigenvalue weighted by Gasteiger charge is 2.24. The van der Waals surface area contributed by atoms with E-state index in [0.29, 0.717) is 16.5 Å². The average molecular weight is 233 g/mol.